The lowest BCUT2D eigenvalue weighted by atomic mass is 10.0. The van der Waals surface area contributed by atoms with Gasteiger partial charge < -0.3 is 10.2 Å². The molecule has 0 spiro atoms. The van der Waals surface area contributed by atoms with Crippen LogP contribution in [-0.4, -0.2) is 43.8 Å². The average molecular weight is 653 g/mol. The molecule has 1 N–H and O–H groups in total. The second kappa shape index (κ2) is 15.2. The lowest BCUT2D eigenvalue weighted by Gasteiger charge is -2.34. The quantitative estimate of drug-likeness (QED) is 0.173. The molecule has 44 heavy (non-hydrogen) atoms. The SMILES string of the molecule is CC[C@H](C)NC(=O)[C@@H](Cc1ccccc1)N(Cc1ccccc1Cl)C(=O)CN(c1ccc(Cl)cc1)S(=O)(=O)c1ccccc1. The fourth-order valence-electron chi connectivity index (χ4n) is 4.66. The van der Waals surface area contributed by atoms with Gasteiger partial charge in [-0.15, -0.1) is 0 Å². The maximum Gasteiger partial charge on any atom is 0.264 e. The van der Waals surface area contributed by atoms with Crippen LogP contribution in [0.3, 0.4) is 0 Å². The summed E-state index contributed by atoms with van der Waals surface area (Å²) in [5.41, 5.74) is 1.73. The molecular weight excluding hydrogens is 617 g/mol. The van der Waals surface area contributed by atoms with E-state index in [-0.39, 0.29) is 35.5 Å². The zero-order valence-corrected chi connectivity index (χ0v) is 26.9. The highest BCUT2D eigenvalue weighted by Crippen LogP contribution is 2.27. The van der Waals surface area contributed by atoms with Gasteiger partial charge >= 0.3 is 0 Å². The molecule has 0 unspecified atom stereocenters. The van der Waals surface area contributed by atoms with Crippen LogP contribution in [0.2, 0.25) is 10.0 Å². The fourth-order valence-corrected chi connectivity index (χ4v) is 6.42. The summed E-state index contributed by atoms with van der Waals surface area (Å²) in [6.07, 6.45) is 0.910. The Bertz CT molecular complexity index is 1650. The predicted molar refractivity (Wildman–Crippen MR) is 176 cm³/mol. The Labute approximate surface area is 269 Å². The number of halogens is 2. The molecule has 0 aliphatic rings. The number of hydrogen-bond donors (Lipinski definition) is 1. The maximum absolute atomic E-state index is 14.4. The van der Waals surface area contributed by atoms with Gasteiger partial charge in [-0.1, -0.05) is 96.9 Å². The molecule has 0 radical (unpaired) electrons. The van der Waals surface area contributed by atoms with Crippen LogP contribution in [0.1, 0.15) is 31.4 Å². The zero-order valence-electron chi connectivity index (χ0n) is 24.6. The lowest BCUT2D eigenvalue weighted by Crippen LogP contribution is -2.54. The molecule has 7 nitrogen and oxygen atoms in total. The van der Waals surface area contributed by atoms with Crippen molar-refractivity contribution in [2.45, 2.75) is 50.2 Å². The summed E-state index contributed by atoms with van der Waals surface area (Å²) in [5.74, 6) is -0.910. The topological polar surface area (TPSA) is 86.8 Å². The van der Waals surface area contributed by atoms with Crippen molar-refractivity contribution in [3.63, 3.8) is 0 Å². The van der Waals surface area contributed by atoms with E-state index < -0.39 is 28.5 Å². The van der Waals surface area contributed by atoms with Crippen LogP contribution in [0.5, 0.6) is 0 Å². The Balaban J connectivity index is 1.80. The number of carbonyl (C=O) groups is 2. The molecule has 0 aromatic heterocycles. The maximum atomic E-state index is 14.4. The van der Waals surface area contributed by atoms with E-state index in [0.717, 1.165) is 9.87 Å². The van der Waals surface area contributed by atoms with E-state index in [1.807, 2.05) is 44.2 Å². The fraction of sp³-hybridized carbons (Fsp3) is 0.235. The Morgan fingerprint density at radius 2 is 1.41 bits per heavy atom. The first-order chi connectivity index (χ1) is 21.1. The normalized spacial score (nSPS) is 12.6. The van der Waals surface area contributed by atoms with Crippen LogP contribution in [0.15, 0.2) is 114 Å². The minimum absolute atomic E-state index is 0.0101. The molecular formula is C34H35Cl2N3O4S. The molecule has 0 aliphatic heterocycles. The summed E-state index contributed by atoms with van der Waals surface area (Å²) in [5, 5.41) is 3.87. The van der Waals surface area contributed by atoms with Crippen LogP contribution in [0, 0.1) is 0 Å². The summed E-state index contributed by atoms with van der Waals surface area (Å²) in [4.78, 5) is 29.8. The average Bonchev–Trinajstić information content (AvgIpc) is 3.03. The van der Waals surface area contributed by atoms with Gasteiger partial charge in [0, 0.05) is 29.1 Å². The molecule has 4 aromatic rings. The molecule has 4 aromatic carbocycles. The molecule has 2 amide bonds. The van der Waals surface area contributed by atoms with Crippen molar-refractivity contribution in [3.8, 4) is 0 Å². The van der Waals surface area contributed by atoms with Crippen LogP contribution in [-0.2, 0) is 32.6 Å². The first kappa shape index (κ1) is 33.1. The van der Waals surface area contributed by atoms with E-state index in [0.29, 0.717) is 22.0 Å². The highest BCUT2D eigenvalue weighted by atomic mass is 35.5. The van der Waals surface area contributed by atoms with E-state index in [9.17, 15) is 18.0 Å². The van der Waals surface area contributed by atoms with Crippen molar-refractivity contribution < 1.29 is 18.0 Å². The minimum Gasteiger partial charge on any atom is -0.352 e. The third-order valence-electron chi connectivity index (χ3n) is 7.30. The summed E-state index contributed by atoms with van der Waals surface area (Å²) in [6, 6.07) is 29.5. The summed E-state index contributed by atoms with van der Waals surface area (Å²) >= 11 is 12.7. The van der Waals surface area contributed by atoms with Crippen LogP contribution in [0.25, 0.3) is 0 Å². The minimum atomic E-state index is -4.19. The van der Waals surface area contributed by atoms with E-state index in [4.69, 9.17) is 23.2 Å². The summed E-state index contributed by atoms with van der Waals surface area (Å²) in [6.45, 7) is 3.28. The number of carbonyl (C=O) groups excluding carboxylic acids is 2. The monoisotopic (exact) mass is 651 g/mol. The number of rotatable bonds is 13. The number of nitrogens with zero attached hydrogens (tertiary/aromatic N) is 2. The van der Waals surface area contributed by atoms with Gasteiger partial charge in [0.1, 0.15) is 12.6 Å². The zero-order chi connectivity index (χ0) is 31.7. The molecule has 4 rings (SSSR count). The third-order valence-corrected chi connectivity index (χ3v) is 9.70. The molecule has 0 saturated carbocycles. The predicted octanol–water partition coefficient (Wildman–Crippen LogP) is 6.74. The van der Waals surface area contributed by atoms with Crippen molar-refractivity contribution in [2.75, 3.05) is 10.8 Å². The highest BCUT2D eigenvalue weighted by Gasteiger charge is 2.35. The van der Waals surface area contributed by atoms with Crippen molar-refractivity contribution in [1.82, 2.24) is 10.2 Å². The van der Waals surface area contributed by atoms with Crippen LogP contribution in [0.4, 0.5) is 5.69 Å². The van der Waals surface area contributed by atoms with Crippen molar-refractivity contribution in [3.05, 3.63) is 130 Å². The summed E-state index contributed by atoms with van der Waals surface area (Å²) in [7, 11) is -4.19. The van der Waals surface area contributed by atoms with Crippen LogP contribution < -0.4 is 9.62 Å². The van der Waals surface area contributed by atoms with Crippen molar-refractivity contribution in [1.29, 1.82) is 0 Å². The van der Waals surface area contributed by atoms with E-state index in [1.165, 1.54) is 17.0 Å². The van der Waals surface area contributed by atoms with Gasteiger partial charge in [0.15, 0.2) is 0 Å². The second-order valence-electron chi connectivity index (χ2n) is 10.4. The van der Waals surface area contributed by atoms with E-state index in [2.05, 4.69) is 5.32 Å². The molecule has 0 fully saturated rings. The number of hydrogen-bond acceptors (Lipinski definition) is 4. The Kier molecular flexibility index (Phi) is 11.4. The molecule has 10 heteroatoms. The number of nitrogens with one attached hydrogen (secondary N) is 1. The highest BCUT2D eigenvalue weighted by molar-refractivity contribution is 7.92. The van der Waals surface area contributed by atoms with Gasteiger partial charge in [0.25, 0.3) is 10.0 Å². The standard InChI is InChI=1S/C34H35Cl2N3O4S/c1-3-25(2)37-34(41)32(22-26-12-6-4-7-13-26)38(23-27-14-10-11-17-31(27)36)33(40)24-39(29-20-18-28(35)19-21-29)44(42,43)30-15-8-5-9-16-30/h4-21,25,32H,3,22-24H2,1-2H3,(H,37,41)/t25-,32+/m0/s1. The van der Waals surface area contributed by atoms with Gasteiger partial charge in [0.05, 0.1) is 10.6 Å². The number of sulfonamides is 1. The Morgan fingerprint density at radius 3 is 2.02 bits per heavy atom. The third kappa shape index (κ3) is 8.40. The van der Waals surface area contributed by atoms with Gasteiger partial charge in [-0.2, -0.15) is 0 Å². The first-order valence-corrected chi connectivity index (χ1v) is 16.5. The van der Waals surface area contributed by atoms with Gasteiger partial charge in [-0.25, -0.2) is 8.42 Å². The first-order valence-electron chi connectivity index (χ1n) is 14.3. The smallest absolute Gasteiger partial charge is 0.264 e. The van der Waals surface area contributed by atoms with Crippen LogP contribution >= 0.6 is 23.2 Å². The number of anilines is 1. The lowest BCUT2D eigenvalue weighted by molar-refractivity contribution is -0.140. The van der Waals surface area contributed by atoms with Crippen molar-refractivity contribution >= 4 is 50.7 Å². The number of amides is 2. The second-order valence-corrected chi connectivity index (χ2v) is 13.1. The van der Waals surface area contributed by atoms with Gasteiger partial charge in [0.2, 0.25) is 11.8 Å². The molecule has 2 atom stereocenters. The van der Waals surface area contributed by atoms with Crippen molar-refractivity contribution in [2.24, 2.45) is 0 Å². The van der Waals surface area contributed by atoms with Gasteiger partial charge in [-0.3, -0.25) is 13.9 Å². The molecule has 230 valence electrons. The van der Waals surface area contributed by atoms with Gasteiger partial charge in [-0.05, 0) is 66.9 Å². The largest absolute Gasteiger partial charge is 0.352 e. The molecule has 0 aliphatic carbocycles. The molecule has 0 saturated heterocycles. The molecule has 0 bridgehead atoms. The van der Waals surface area contributed by atoms with E-state index >= 15 is 0 Å². The number of benzene rings is 4. The van der Waals surface area contributed by atoms with E-state index in [1.54, 1.807) is 66.7 Å². The molecule has 0 heterocycles. The Morgan fingerprint density at radius 1 is 0.818 bits per heavy atom. The summed E-state index contributed by atoms with van der Waals surface area (Å²) < 4.78 is 29.0. The Hall–Kier alpha value is -3.85.